The molecule has 0 bridgehead atoms. The smallest absolute Gasteiger partial charge is 0.169 e. The van der Waals surface area contributed by atoms with Crippen molar-refractivity contribution in [3.63, 3.8) is 0 Å². The van der Waals surface area contributed by atoms with Crippen LogP contribution in [0.1, 0.15) is 6.42 Å². The van der Waals surface area contributed by atoms with Crippen LogP contribution in [0.25, 0.3) is 0 Å². The molecule has 0 spiro atoms. The molecule has 0 amide bonds. The first kappa shape index (κ1) is 13.4. The normalized spacial score (nSPS) is 13.6. The average Bonchev–Trinajstić information content (AvgIpc) is 2.69. The fraction of sp³-hybridized carbons (Fsp3) is 0.214. The maximum absolute atomic E-state index is 13.6. The van der Waals surface area contributed by atoms with Crippen molar-refractivity contribution in [1.29, 1.82) is 0 Å². The topological polar surface area (TPSA) is 69.4 Å². The lowest BCUT2D eigenvalue weighted by Gasteiger charge is -2.11. The number of benzene rings is 1. The van der Waals surface area contributed by atoms with E-state index in [1.807, 2.05) is 0 Å². The van der Waals surface area contributed by atoms with Crippen molar-refractivity contribution >= 4 is 17.3 Å². The zero-order chi connectivity index (χ0) is 14.8. The van der Waals surface area contributed by atoms with Crippen LogP contribution < -0.4 is 20.5 Å². The molecule has 0 aliphatic carbocycles. The van der Waals surface area contributed by atoms with Crippen LogP contribution >= 0.6 is 0 Å². The van der Waals surface area contributed by atoms with Gasteiger partial charge in [0.15, 0.2) is 34.8 Å². The maximum Gasteiger partial charge on any atom is 0.169 e. The SMILES string of the molecule is Nc1nc(Nc2ccc3c(c2)OCCCO3)c(F)cc1F. The summed E-state index contributed by atoms with van der Waals surface area (Å²) < 4.78 is 37.8. The van der Waals surface area contributed by atoms with Crippen LogP contribution in [0, 0.1) is 11.6 Å². The average molecular weight is 293 g/mol. The highest BCUT2D eigenvalue weighted by Crippen LogP contribution is 2.33. The number of halogens is 2. The Morgan fingerprint density at radius 3 is 2.62 bits per heavy atom. The molecular weight excluding hydrogens is 280 g/mol. The molecule has 2 heterocycles. The third-order valence-corrected chi connectivity index (χ3v) is 2.97. The summed E-state index contributed by atoms with van der Waals surface area (Å²) in [5.74, 6) is -1.04. The number of rotatable bonds is 2. The number of hydrogen-bond acceptors (Lipinski definition) is 5. The molecule has 0 saturated carbocycles. The third kappa shape index (κ3) is 2.81. The van der Waals surface area contributed by atoms with Gasteiger partial charge in [0.05, 0.1) is 13.2 Å². The molecule has 110 valence electrons. The summed E-state index contributed by atoms with van der Waals surface area (Å²) in [5, 5.41) is 2.74. The van der Waals surface area contributed by atoms with E-state index in [1.54, 1.807) is 18.2 Å². The van der Waals surface area contributed by atoms with Gasteiger partial charge in [0.2, 0.25) is 0 Å². The van der Waals surface area contributed by atoms with Gasteiger partial charge in [0.25, 0.3) is 0 Å². The Labute approximate surface area is 119 Å². The van der Waals surface area contributed by atoms with Gasteiger partial charge in [-0.05, 0) is 12.1 Å². The highest BCUT2D eigenvalue weighted by molar-refractivity contribution is 5.62. The lowest BCUT2D eigenvalue weighted by molar-refractivity contribution is 0.297. The fourth-order valence-corrected chi connectivity index (χ4v) is 1.95. The van der Waals surface area contributed by atoms with Crippen molar-refractivity contribution in [1.82, 2.24) is 4.98 Å². The monoisotopic (exact) mass is 293 g/mol. The highest BCUT2D eigenvalue weighted by atomic mass is 19.1. The van der Waals surface area contributed by atoms with Crippen LogP contribution in [0.5, 0.6) is 11.5 Å². The summed E-state index contributed by atoms with van der Waals surface area (Å²) in [7, 11) is 0. The standard InChI is InChI=1S/C14H13F2N3O2/c15-9-7-10(16)14(19-13(9)17)18-8-2-3-11-12(6-8)21-5-1-4-20-11/h2-3,6-7H,1,4-5H2,(H3,17,18,19). The van der Waals surface area contributed by atoms with E-state index < -0.39 is 11.6 Å². The van der Waals surface area contributed by atoms with Crippen molar-refractivity contribution in [2.45, 2.75) is 6.42 Å². The number of ether oxygens (including phenoxy) is 2. The second-order valence-electron chi connectivity index (χ2n) is 4.52. The van der Waals surface area contributed by atoms with Crippen LogP contribution in [-0.2, 0) is 0 Å². The highest BCUT2D eigenvalue weighted by Gasteiger charge is 2.13. The maximum atomic E-state index is 13.6. The second kappa shape index (κ2) is 5.43. The van der Waals surface area contributed by atoms with Crippen LogP contribution in [0.4, 0.5) is 26.1 Å². The van der Waals surface area contributed by atoms with Gasteiger partial charge in [-0.2, -0.15) is 0 Å². The molecule has 3 rings (SSSR count). The van der Waals surface area contributed by atoms with E-state index in [-0.39, 0.29) is 11.6 Å². The van der Waals surface area contributed by atoms with E-state index in [2.05, 4.69) is 10.3 Å². The number of aromatic nitrogens is 1. The second-order valence-corrected chi connectivity index (χ2v) is 4.52. The van der Waals surface area contributed by atoms with Crippen molar-refractivity contribution in [3.8, 4) is 11.5 Å². The predicted octanol–water partition coefficient (Wildman–Crippen LogP) is 2.85. The summed E-state index contributed by atoms with van der Waals surface area (Å²) in [6.07, 6.45) is 0.794. The molecule has 0 radical (unpaired) electrons. The molecule has 0 atom stereocenters. The summed E-state index contributed by atoms with van der Waals surface area (Å²) in [4.78, 5) is 3.64. The number of nitrogens with two attached hydrogens (primary N) is 1. The van der Waals surface area contributed by atoms with Crippen LogP contribution in [0.15, 0.2) is 24.3 Å². The van der Waals surface area contributed by atoms with Gasteiger partial charge in [-0.15, -0.1) is 0 Å². The van der Waals surface area contributed by atoms with Crippen molar-refractivity contribution in [2.75, 3.05) is 24.3 Å². The van der Waals surface area contributed by atoms with Crippen molar-refractivity contribution < 1.29 is 18.3 Å². The number of fused-ring (bicyclic) bond motifs is 1. The molecule has 0 fully saturated rings. The fourth-order valence-electron chi connectivity index (χ4n) is 1.95. The molecule has 7 heteroatoms. The summed E-state index contributed by atoms with van der Waals surface area (Å²) in [6.45, 7) is 1.14. The lowest BCUT2D eigenvalue weighted by Crippen LogP contribution is -2.03. The van der Waals surface area contributed by atoms with Gasteiger partial charge in [-0.1, -0.05) is 0 Å². The largest absolute Gasteiger partial charge is 0.490 e. The molecule has 2 aromatic rings. The van der Waals surface area contributed by atoms with Gasteiger partial charge < -0.3 is 20.5 Å². The Morgan fingerprint density at radius 2 is 1.81 bits per heavy atom. The number of nitrogen functional groups attached to an aromatic ring is 1. The number of nitrogens with one attached hydrogen (secondary N) is 1. The Balaban J connectivity index is 1.88. The van der Waals surface area contributed by atoms with Crippen LogP contribution in [0.3, 0.4) is 0 Å². The third-order valence-electron chi connectivity index (χ3n) is 2.97. The number of nitrogens with zero attached hydrogens (tertiary/aromatic N) is 1. The quantitative estimate of drug-likeness (QED) is 0.891. The zero-order valence-corrected chi connectivity index (χ0v) is 11.0. The first-order chi connectivity index (χ1) is 10.1. The molecule has 1 aromatic heterocycles. The predicted molar refractivity (Wildman–Crippen MR) is 73.9 cm³/mol. The minimum absolute atomic E-state index is 0.150. The van der Waals surface area contributed by atoms with Gasteiger partial charge in [0, 0.05) is 24.2 Å². The zero-order valence-electron chi connectivity index (χ0n) is 11.0. The van der Waals surface area contributed by atoms with Crippen LogP contribution in [-0.4, -0.2) is 18.2 Å². The minimum atomic E-state index is -0.892. The summed E-state index contributed by atoms with van der Waals surface area (Å²) >= 11 is 0. The van der Waals surface area contributed by atoms with E-state index >= 15 is 0 Å². The van der Waals surface area contributed by atoms with E-state index in [4.69, 9.17) is 15.2 Å². The number of hydrogen-bond donors (Lipinski definition) is 2. The van der Waals surface area contributed by atoms with Gasteiger partial charge >= 0.3 is 0 Å². The Bertz CT molecular complexity index is 680. The summed E-state index contributed by atoms with van der Waals surface area (Å²) in [6, 6.07) is 5.76. The lowest BCUT2D eigenvalue weighted by atomic mass is 10.2. The molecule has 3 N–H and O–H groups in total. The molecule has 0 saturated heterocycles. The molecule has 1 aromatic carbocycles. The molecule has 1 aliphatic heterocycles. The molecular formula is C14H13F2N3O2. The van der Waals surface area contributed by atoms with Gasteiger partial charge in [-0.3, -0.25) is 0 Å². The molecule has 5 nitrogen and oxygen atoms in total. The van der Waals surface area contributed by atoms with E-state index in [0.29, 0.717) is 36.5 Å². The number of anilines is 3. The minimum Gasteiger partial charge on any atom is -0.490 e. The first-order valence-corrected chi connectivity index (χ1v) is 6.41. The van der Waals surface area contributed by atoms with E-state index in [9.17, 15) is 8.78 Å². The van der Waals surface area contributed by atoms with Crippen LogP contribution in [0.2, 0.25) is 0 Å². The van der Waals surface area contributed by atoms with Gasteiger partial charge in [0.1, 0.15) is 0 Å². The van der Waals surface area contributed by atoms with E-state index in [0.717, 1.165) is 6.42 Å². The molecule has 0 unspecified atom stereocenters. The Kier molecular flexibility index (Phi) is 3.47. The molecule has 1 aliphatic rings. The summed E-state index contributed by atoms with van der Waals surface area (Å²) in [5.41, 5.74) is 5.88. The molecule has 21 heavy (non-hydrogen) atoms. The number of pyridine rings is 1. The van der Waals surface area contributed by atoms with Gasteiger partial charge in [-0.25, -0.2) is 13.8 Å². The van der Waals surface area contributed by atoms with E-state index in [1.165, 1.54) is 0 Å². The Hall–Kier alpha value is -2.57. The Morgan fingerprint density at radius 1 is 1.05 bits per heavy atom. The van der Waals surface area contributed by atoms with Crippen molar-refractivity contribution in [2.24, 2.45) is 0 Å². The first-order valence-electron chi connectivity index (χ1n) is 6.41. The van der Waals surface area contributed by atoms with Crippen molar-refractivity contribution in [3.05, 3.63) is 35.9 Å².